The van der Waals surface area contributed by atoms with Gasteiger partial charge in [-0.3, -0.25) is 9.48 Å². The van der Waals surface area contributed by atoms with Crippen LogP contribution in [0.2, 0.25) is 0 Å². The molecule has 3 rings (SSSR count). The van der Waals surface area contributed by atoms with Gasteiger partial charge >= 0.3 is 0 Å². The first-order valence-electron chi connectivity index (χ1n) is 10.5. The quantitative estimate of drug-likeness (QED) is 0.772. The Hall–Kier alpha value is -1.41. The van der Waals surface area contributed by atoms with Crippen LogP contribution in [0.4, 0.5) is 0 Å². The first-order valence-corrected chi connectivity index (χ1v) is 12.3. The lowest BCUT2D eigenvalue weighted by Gasteiger charge is -2.39. The molecule has 1 aromatic rings. The zero-order valence-corrected chi connectivity index (χ0v) is 18.7. The lowest BCUT2D eigenvalue weighted by Crippen LogP contribution is -3.09. The first-order chi connectivity index (χ1) is 13.1. The van der Waals surface area contributed by atoms with E-state index < -0.39 is 9.84 Å². The average Bonchev–Trinajstić information content (AvgIpc) is 3.08. The van der Waals surface area contributed by atoms with Crippen molar-refractivity contribution in [2.24, 2.45) is 0 Å². The number of aromatic nitrogens is 2. The number of aryl methyl sites for hydroxylation is 1. The second kappa shape index (κ2) is 8.14. The van der Waals surface area contributed by atoms with E-state index >= 15 is 0 Å². The summed E-state index contributed by atoms with van der Waals surface area (Å²) >= 11 is 0. The van der Waals surface area contributed by atoms with Crippen LogP contribution in [0.1, 0.15) is 62.5 Å². The minimum atomic E-state index is -2.94. The highest BCUT2D eigenvalue weighted by Gasteiger charge is 2.33. The van der Waals surface area contributed by atoms with Gasteiger partial charge in [-0.1, -0.05) is 0 Å². The Labute approximate surface area is 169 Å². The summed E-state index contributed by atoms with van der Waals surface area (Å²) in [5.41, 5.74) is 3.11. The Morgan fingerprint density at radius 3 is 2.39 bits per heavy atom. The molecule has 2 aliphatic rings. The first kappa shape index (κ1) is 21.3. The number of carbonyl (C=O) groups is 1. The molecule has 0 bridgehead atoms. The molecule has 0 aliphatic carbocycles. The van der Waals surface area contributed by atoms with Gasteiger partial charge in [-0.15, -0.1) is 0 Å². The van der Waals surface area contributed by atoms with Gasteiger partial charge in [-0.2, -0.15) is 5.10 Å². The van der Waals surface area contributed by atoms with Crippen LogP contribution in [0.3, 0.4) is 0 Å². The number of hydrogen-bond donors (Lipinski definition) is 1. The van der Waals surface area contributed by atoms with Crippen LogP contribution in [0.25, 0.3) is 0 Å². The number of rotatable bonds is 5. The van der Waals surface area contributed by atoms with Crippen molar-refractivity contribution in [3.05, 3.63) is 17.0 Å². The molecule has 0 spiro atoms. The summed E-state index contributed by atoms with van der Waals surface area (Å²) in [6, 6.07) is 0.577. The molecule has 0 aromatic carbocycles. The van der Waals surface area contributed by atoms with E-state index in [1.165, 1.54) is 6.42 Å². The molecule has 7 nitrogen and oxygen atoms in total. The molecule has 2 saturated heterocycles. The highest BCUT2D eigenvalue weighted by atomic mass is 32.2. The van der Waals surface area contributed by atoms with Crippen LogP contribution in [0, 0.1) is 13.8 Å². The third-order valence-electron chi connectivity index (χ3n) is 6.44. The summed E-state index contributed by atoms with van der Waals surface area (Å²) < 4.78 is 25.6. The predicted molar refractivity (Wildman–Crippen MR) is 109 cm³/mol. The molecule has 0 radical (unpaired) electrons. The molecule has 1 unspecified atom stereocenters. The van der Waals surface area contributed by atoms with Crippen LogP contribution in [0.5, 0.6) is 0 Å². The van der Waals surface area contributed by atoms with Gasteiger partial charge < -0.3 is 9.80 Å². The predicted octanol–water partition coefficient (Wildman–Crippen LogP) is 0.664. The molecule has 3 heterocycles. The number of likely N-dealkylation sites (tertiary alicyclic amines) is 1. The summed E-state index contributed by atoms with van der Waals surface area (Å²) in [5.74, 6) is 0.652. The van der Waals surface area contributed by atoms with Crippen molar-refractivity contribution in [3.63, 3.8) is 0 Å². The Kier molecular flexibility index (Phi) is 6.20. The summed E-state index contributed by atoms with van der Waals surface area (Å²) in [5, 5.41) is 4.65. The monoisotopic (exact) mass is 411 g/mol. The number of nitrogens with one attached hydrogen (secondary N) is 1. The molecular formula is C20H35N4O3S+. The molecule has 4 atom stereocenters. The maximum Gasteiger partial charge on any atom is 0.278 e. The zero-order valence-electron chi connectivity index (χ0n) is 17.9. The average molecular weight is 412 g/mol. The Balaban J connectivity index is 1.67. The van der Waals surface area contributed by atoms with Crippen LogP contribution >= 0.6 is 0 Å². The molecule has 1 N–H and O–H groups in total. The van der Waals surface area contributed by atoms with E-state index in [2.05, 4.69) is 23.8 Å². The zero-order chi connectivity index (χ0) is 20.6. The third-order valence-corrected chi connectivity index (χ3v) is 8.19. The molecule has 0 saturated carbocycles. The van der Waals surface area contributed by atoms with E-state index in [1.807, 2.05) is 25.6 Å². The normalized spacial score (nSPS) is 28.5. The van der Waals surface area contributed by atoms with Gasteiger partial charge in [0.25, 0.3) is 5.91 Å². The number of sulfone groups is 1. The van der Waals surface area contributed by atoms with Gasteiger partial charge in [0, 0.05) is 17.8 Å². The van der Waals surface area contributed by atoms with Crippen molar-refractivity contribution in [3.8, 4) is 0 Å². The van der Waals surface area contributed by atoms with Crippen LogP contribution in [-0.4, -0.2) is 66.2 Å². The van der Waals surface area contributed by atoms with Crippen LogP contribution in [-0.2, 0) is 21.2 Å². The molecular weight excluding hydrogens is 376 g/mol. The van der Waals surface area contributed by atoms with Gasteiger partial charge in [-0.05, 0) is 53.4 Å². The maximum atomic E-state index is 12.9. The van der Waals surface area contributed by atoms with Crippen molar-refractivity contribution in [2.75, 3.05) is 25.1 Å². The van der Waals surface area contributed by atoms with Crippen LogP contribution < -0.4 is 4.90 Å². The number of likely N-dealkylation sites (N-methyl/N-ethyl adjacent to an activating group) is 1. The standard InChI is InChI=1S/C20H34N4O3S/c1-14-7-6-8-15(2)23(14)20(25)12-22(5)11-19-16(3)21-24(17(19)4)18-9-10-28(26,27)13-18/h14-15,18H,6-13H2,1-5H3/p+1/t14-,15+,18-/m0/s1. The number of piperidine rings is 1. The van der Waals surface area contributed by atoms with Crippen molar-refractivity contribution in [2.45, 2.75) is 78.0 Å². The minimum Gasteiger partial charge on any atom is -0.332 e. The minimum absolute atomic E-state index is 0.0607. The summed E-state index contributed by atoms with van der Waals surface area (Å²) in [7, 11) is -0.893. The summed E-state index contributed by atoms with van der Waals surface area (Å²) in [4.78, 5) is 16.1. The molecule has 2 fully saturated rings. The number of quaternary nitrogens is 1. The SMILES string of the molecule is Cc1nn([C@H]2CCS(=O)(=O)C2)c(C)c1C[NH+](C)CC(=O)N1[C@H](C)CCC[C@@H]1C. The van der Waals surface area contributed by atoms with E-state index in [4.69, 9.17) is 0 Å². The largest absolute Gasteiger partial charge is 0.332 e. The van der Waals surface area contributed by atoms with Crippen LogP contribution in [0.15, 0.2) is 0 Å². The second-order valence-corrected chi connectivity index (χ2v) is 11.1. The van der Waals surface area contributed by atoms with Gasteiger partial charge in [0.15, 0.2) is 16.4 Å². The highest BCUT2D eigenvalue weighted by molar-refractivity contribution is 7.91. The Bertz CT molecular complexity index is 823. The number of carbonyl (C=O) groups excluding carboxylic acids is 1. The van der Waals surface area contributed by atoms with E-state index in [-0.39, 0.29) is 23.5 Å². The lowest BCUT2D eigenvalue weighted by molar-refractivity contribution is -0.885. The summed E-state index contributed by atoms with van der Waals surface area (Å²) in [6.07, 6.45) is 4.01. The Morgan fingerprint density at radius 2 is 1.82 bits per heavy atom. The fourth-order valence-corrected chi connectivity index (χ4v) is 6.60. The topological polar surface area (TPSA) is 76.7 Å². The Morgan fingerprint density at radius 1 is 1.18 bits per heavy atom. The molecule has 2 aliphatic heterocycles. The second-order valence-electron chi connectivity index (χ2n) is 8.89. The van der Waals surface area contributed by atoms with Gasteiger partial charge in [-0.25, -0.2) is 8.42 Å². The van der Waals surface area contributed by atoms with E-state index in [0.717, 1.165) is 41.2 Å². The van der Waals surface area contributed by atoms with E-state index in [1.54, 1.807) is 0 Å². The molecule has 1 amide bonds. The van der Waals surface area contributed by atoms with Gasteiger partial charge in [0.2, 0.25) is 0 Å². The number of nitrogens with zero attached hydrogens (tertiary/aromatic N) is 3. The highest BCUT2D eigenvalue weighted by Crippen LogP contribution is 2.26. The maximum absolute atomic E-state index is 12.9. The van der Waals surface area contributed by atoms with Crippen molar-refractivity contribution in [1.82, 2.24) is 14.7 Å². The van der Waals surface area contributed by atoms with E-state index in [9.17, 15) is 13.2 Å². The number of amides is 1. The molecule has 8 heteroatoms. The number of hydrogen-bond acceptors (Lipinski definition) is 4. The lowest BCUT2D eigenvalue weighted by atomic mass is 9.97. The van der Waals surface area contributed by atoms with Crippen molar-refractivity contribution in [1.29, 1.82) is 0 Å². The van der Waals surface area contributed by atoms with Gasteiger partial charge in [0.05, 0.1) is 35.9 Å². The van der Waals surface area contributed by atoms with E-state index in [0.29, 0.717) is 25.0 Å². The molecule has 158 valence electrons. The van der Waals surface area contributed by atoms with Crippen molar-refractivity contribution >= 4 is 15.7 Å². The summed E-state index contributed by atoms with van der Waals surface area (Å²) in [6.45, 7) is 9.49. The molecule has 28 heavy (non-hydrogen) atoms. The fraction of sp³-hybridized carbons (Fsp3) is 0.800. The smallest absolute Gasteiger partial charge is 0.278 e. The fourth-order valence-electron chi connectivity index (χ4n) is 4.90. The molecule has 1 aromatic heterocycles. The van der Waals surface area contributed by atoms with Gasteiger partial charge in [0.1, 0.15) is 6.54 Å². The van der Waals surface area contributed by atoms with Crippen molar-refractivity contribution < 1.29 is 18.1 Å². The third kappa shape index (κ3) is 4.43.